The molecule has 1 aromatic carbocycles. The molecule has 0 aliphatic rings. The van der Waals surface area contributed by atoms with Gasteiger partial charge in [-0.05, 0) is 37.6 Å². The van der Waals surface area contributed by atoms with Crippen molar-refractivity contribution >= 4 is 28.8 Å². The van der Waals surface area contributed by atoms with E-state index in [2.05, 4.69) is 5.32 Å². The number of nitrogens with two attached hydrogens (primary N) is 1. The van der Waals surface area contributed by atoms with Gasteiger partial charge in [0, 0.05) is 38.6 Å². The van der Waals surface area contributed by atoms with Crippen molar-refractivity contribution in [1.29, 1.82) is 0 Å². The molecular weight excluding hydrogens is 286 g/mol. The van der Waals surface area contributed by atoms with Crippen molar-refractivity contribution in [3.63, 3.8) is 0 Å². The number of amides is 1. The largest absolute Gasteiger partial charge is 0.389 e. The Morgan fingerprint density at radius 1 is 1.43 bits per heavy atom. The first-order valence-corrected chi connectivity index (χ1v) is 7.27. The molecular formula is C15H23N3O2S. The standard InChI is InChI=1S/C15H23N3O2S/c1-11(15(19)17-9-4-10-20-3)18(2)13-7-5-12(6-8-13)14(16)21/h5-8,11H,4,9-10H2,1-3H3,(H2,16,21)(H,17,19). The molecule has 0 saturated carbocycles. The molecule has 6 heteroatoms. The number of hydrogen-bond acceptors (Lipinski definition) is 4. The average molecular weight is 309 g/mol. The Balaban J connectivity index is 2.58. The van der Waals surface area contributed by atoms with Crippen LogP contribution in [0.15, 0.2) is 24.3 Å². The molecule has 0 radical (unpaired) electrons. The first-order valence-electron chi connectivity index (χ1n) is 6.86. The van der Waals surface area contributed by atoms with E-state index in [1.165, 1.54) is 0 Å². The summed E-state index contributed by atoms with van der Waals surface area (Å²) >= 11 is 4.92. The lowest BCUT2D eigenvalue weighted by molar-refractivity contribution is -0.122. The van der Waals surface area contributed by atoms with Gasteiger partial charge in [-0.1, -0.05) is 12.2 Å². The predicted octanol–water partition coefficient (Wildman–Crippen LogP) is 1.30. The number of rotatable bonds is 8. The highest BCUT2D eigenvalue weighted by atomic mass is 32.1. The maximum absolute atomic E-state index is 12.1. The second-order valence-electron chi connectivity index (χ2n) is 4.84. The summed E-state index contributed by atoms with van der Waals surface area (Å²) in [4.78, 5) is 14.3. The van der Waals surface area contributed by atoms with Gasteiger partial charge in [0.15, 0.2) is 0 Å². The summed E-state index contributed by atoms with van der Waals surface area (Å²) < 4.78 is 4.95. The van der Waals surface area contributed by atoms with Crippen molar-refractivity contribution < 1.29 is 9.53 Å². The number of nitrogens with one attached hydrogen (secondary N) is 1. The zero-order valence-electron chi connectivity index (χ0n) is 12.8. The first-order chi connectivity index (χ1) is 9.97. The third-order valence-electron chi connectivity index (χ3n) is 3.34. The molecule has 1 unspecified atom stereocenters. The molecule has 116 valence electrons. The van der Waals surface area contributed by atoms with Crippen LogP contribution >= 0.6 is 12.2 Å². The van der Waals surface area contributed by atoms with Crippen molar-refractivity contribution in [2.24, 2.45) is 5.73 Å². The highest BCUT2D eigenvalue weighted by Crippen LogP contribution is 2.16. The van der Waals surface area contributed by atoms with Gasteiger partial charge in [-0.25, -0.2) is 0 Å². The van der Waals surface area contributed by atoms with Crippen LogP contribution in [0.1, 0.15) is 18.9 Å². The predicted molar refractivity (Wildman–Crippen MR) is 89.7 cm³/mol. The number of benzene rings is 1. The number of nitrogens with zero attached hydrogens (tertiary/aromatic N) is 1. The number of likely N-dealkylation sites (N-methyl/N-ethyl adjacent to an activating group) is 1. The summed E-state index contributed by atoms with van der Waals surface area (Å²) in [5, 5.41) is 2.90. The van der Waals surface area contributed by atoms with Crippen LogP contribution in [0, 0.1) is 0 Å². The third-order valence-corrected chi connectivity index (χ3v) is 3.58. The molecule has 0 heterocycles. The molecule has 0 aromatic heterocycles. The van der Waals surface area contributed by atoms with Crippen LogP contribution in [-0.2, 0) is 9.53 Å². The van der Waals surface area contributed by atoms with Crippen molar-refractivity contribution in [3.8, 4) is 0 Å². The van der Waals surface area contributed by atoms with Crippen molar-refractivity contribution in [3.05, 3.63) is 29.8 Å². The molecule has 1 amide bonds. The summed E-state index contributed by atoms with van der Waals surface area (Å²) in [5.41, 5.74) is 7.33. The van der Waals surface area contributed by atoms with Crippen molar-refractivity contribution in [2.45, 2.75) is 19.4 Å². The minimum atomic E-state index is -0.261. The van der Waals surface area contributed by atoms with Gasteiger partial charge in [-0.2, -0.15) is 0 Å². The number of hydrogen-bond donors (Lipinski definition) is 2. The van der Waals surface area contributed by atoms with E-state index >= 15 is 0 Å². The quantitative estimate of drug-likeness (QED) is 0.560. The van der Waals surface area contributed by atoms with Crippen LogP contribution in [0.5, 0.6) is 0 Å². The number of methoxy groups -OCH3 is 1. The Kier molecular flexibility index (Phi) is 7.11. The van der Waals surface area contributed by atoms with Gasteiger partial charge in [0.25, 0.3) is 0 Å². The summed E-state index contributed by atoms with van der Waals surface area (Å²) in [6, 6.07) is 7.27. The van der Waals surface area contributed by atoms with E-state index in [4.69, 9.17) is 22.7 Å². The van der Waals surface area contributed by atoms with E-state index in [1.807, 2.05) is 43.1 Å². The van der Waals surface area contributed by atoms with Gasteiger partial charge in [0.2, 0.25) is 5.91 Å². The van der Waals surface area contributed by atoms with Crippen molar-refractivity contribution in [1.82, 2.24) is 5.32 Å². The second kappa shape index (κ2) is 8.59. The maximum Gasteiger partial charge on any atom is 0.242 e. The van der Waals surface area contributed by atoms with E-state index in [0.717, 1.165) is 17.7 Å². The molecule has 1 aromatic rings. The summed E-state index contributed by atoms with van der Waals surface area (Å²) in [6.45, 7) is 3.13. The van der Waals surface area contributed by atoms with Crippen LogP contribution < -0.4 is 16.0 Å². The number of ether oxygens (including phenoxy) is 1. The summed E-state index contributed by atoms with van der Waals surface area (Å²) in [6.07, 6.45) is 0.807. The van der Waals surface area contributed by atoms with Gasteiger partial charge >= 0.3 is 0 Å². The van der Waals surface area contributed by atoms with Gasteiger partial charge in [-0.3, -0.25) is 4.79 Å². The number of carbonyl (C=O) groups is 1. The topological polar surface area (TPSA) is 67.6 Å². The molecule has 0 fully saturated rings. The second-order valence-corrected chi connectivity index (χ2v) is 5.28. The monoisotopic (exact) mass is 309 g/mol. The molecule has 0 aliphatic carbocycles. The van der Waals surface area contributed by atoms with Crippen LogP contribution in [0.25, 0.3) is 0 Å². The third kappa shape index (κ3) is 5.32. The number of carbonyl (C=O) groups excluding carboxylic acids is 1. The Hall–Kier alpha value is -1.66. The minimum Gasteiger partial charge on any atom is -0.389 e. The summed E-state index contributed by atoms with van der Waals surface area (Å²) in [7, 11) is 3.53. The number of anilines is 1. The van der Waals surface area contributed by atoms with Crippen LogP contribution in [0.2, 0.25) is 0 Å². The smallest absolute Gasteiger partial charge is 0.242 e. The lowest BCUT2D eigenvalue weighted by Crippen LogP contribution is -2.43. The first kappa shape index (κ1) is 17.4. The van der Waals surface area contributed by atoms with Crippen LogP contribution in [0.4, 0.5) is 5.69 Å². The van der Waals surface area contributed by atoms with E-state index in [-0.39, 0.29) is 11.9 Å². The maximum atomic E-state index is 12.1. The van der Waals surface area contributed by atoms with Gasteiger partial charge < -0.3 is 20.7 Å². The Morgan fingerprint density at radius 2 is 2.05 bits per heavy atom. The van der Waals surface area contributed by atoms with E-state index < -0.39 is 0 Å². The van der Waals surface area contributed by atoms with E-state index in [0.29, 0.717) is 18.1 Å². The fraction of sp³-hybridized carbons (Fsp3) is 0.467. The Morgan fingerprint density at radius 3 is 2.57 bits per heavy atom. The normalized spacial score (nSPS) is 11.8. The zero-order chi connectivity index (χ0) is 15.8. The minimum absolute atomic E-state index is 0.00738. The molecule has 0 aliphatic heterocycles. The molecule has 3 N–H and O–H groups in total. The van der Waals surface area contributed by atoms with Gasteiger partial charge in [0.1, 0.15) is 11.0 Å². The molecule has 1 atom stereocenters. The Bertz CT molecular complexity index is 476. The van der Waals surface area contributed by atoms with Crippen molar-refractivity contribution in [2.75, 3.05) is 32.2 Å². The molecule has 21 heavy (non-hydrogen) atoms. The lowest BCUT2D eigenvalue weighted by atomic mass is 10.1. The average Bonchev–Trinajstić information content (AvgIpc) is 2.50. The van der Waals surface area contributed by atoms with Gasteiger partial charge in [-0.15, -0.1) is 0 Å². The zero-order valence-corrected chi connectivity index (χ0v) is 13.6. The number of thiocarbonyl (C=S) groups is 1. The fourth-order valence-electron chi connectivity index (χ4n) is 1.84. The molecule has 0 bridgehead atoms. The lowest BCUT2D eigenvalue weighted by Gasteiger charge is -2.26. The fourth-order valence-corrected chi connectivity index (χ4v) is 1.97. The highest BCUT2D eigenvalue weighted by molar-refractivity contribution is 7.80. The molecule has 0 saturated heterocycles. The molecule has 1 rings (SSSR count). The van der Waals surface area contributed by atoms with E-state index in [1.54, 1.807) is 7.11 Å². The van der Waals surface area contributed by atoms with E-state index in [9.17, 15) is 4.79 Å². The Labute approximate surface area is 131 Å². The molecule has 5 nitrogen and oxygen atoms in total. The van der Waals surface area contributed by atoms with Gasteiger partial charge in [0.05, 0.1) is 0 Å². The highest BCUT2D eigenvalue weighted by Gasteiger charge is 2.17. The van der Waals surface area contributed by atoms with Crippen LogP contribution in [-0.4, -0.2) is 44.2 Å². The SMILES string of the molecule is COCCCNC(=O)C(C)N(C)c1ccc(C(N)=S)cc1. The van der Waals surface area contributed by atoms with Crippen LogP contribution in [0.3, 0.4) is 0 Å². The summed E-state index contributed by atoms with van der Waals surface area (Å²) in [5.74, 6) is -0.00738. The molecule has 0 spiro atoms.